The Bertz CT molecular complexity index is 293. The molecule has 3 nitrogen and oxygen atoms in total. The standard InChI is InChI=1S/C11H19N3/c1-5-10(6-2)14-11-8(3)7-12-9(4)13-11/h7,10H,5-6H2,1-4H3,(H,12,13,14). The molecule has 0 saturated heterocycles. The predicted octanol–water partition coefficient (Wildman–Crippen LogP) is 2.69. The van der Waals surface area contributed by atoms with Gasteiger partial charge in [-0.2, -0.15) is 0 Å². The summed E-state index contributed by atoms with van der Waals surface area (Å²) in [6, 6.07) is 0.517. The Morgan fingerprint density at radius 1 is 1.29 bits per heavy atom. The number of hydrogen-bond donors (Lipinski definition) is 1. The predicted molar refractivity (Wildman–Crippen MR) is 59.5 cm³/mol. The maximum atomic E-state index is 4.39. The SMILES string of the molecule is CCC(CC)Nc1nc(C)ncc1C. The molecule has 0 saturated carbocycles. The first-order chi connectivity index (χ1) is 6.67. The lowest BCUT2D eigenvalue weighted by atomic mass is 10.1. The van der Waals surface area contributed by atoms with Gasteiger partial charge in [0.2, 0.25) is 0 Å². The van der Waals surface area contributed by atoms with E-state index in [1.165, 1.54) is 0 Å². The summed E-state index contributed by atoms with van der Waals surface area (Å²) in [5.74, 6) is 1.80. The fourth-order valence-corrected chi connectivity index (χ4v) is 1.36. The summed E-state index contributed by atoms with van der Waals surface area (Å²) in [6.07, 6.45) is 4.12. The number of aryl methyl sites for hydroxylation is 2. The van der Waals surface area contributed by atoms with Crippen LogP contribution in [0.4, 0.5) is 5.82 Å². The lowest BCUT2D eigenvalue weighted by Crippen LogP contribution is -2.19. The molecule has 1 aromatic rings. The summed E-state index contributed by atoms with van der Waals surface area (Å²) in [6.45, 7) is 8.32. The highest BCUT2D eigenvalue weighted by Gasteiger charge is 2.06. The van der Waals surface area contributed by atoms with E-state index >= 15 is 0 Å². The molecular weight excluding hydrogens is 174 g/mol. The average molecular weight is 193 g/mol. The van der Waals surface area contributed by atoms with Crippen molar-refractivity contribution in [1.82, 2.24) is 9.97 Å². The molecule has 1 aromatic heterocycles. The highest BCUT2D eigenvalue weighted by molar-refractivity contribution is 5.42. The molecule has 78 valence electrons. The van der Waals surface area contributed by atoms with Crippen LogP contribution in [0, 0.1) is 13.8 Å². The Morgan fingerprint density at radius 3 is 2.50 bits per heavy atom. The first-order valence-corrected chi connectivity index (χ1v) is 5.24. The van der Waals surface area contributed by atoms with Crippen LogP contribution in [0.25, 0.3) is 0 Å². The van der Waals surface area contributed by atoms with E-state index in [-0.39, 0.29) is 0 Å². The Labute approximate surface area is 86.0 Å². The molecule has 0 spiro atoms. The summed E-state index contributed by atoms with van der Waals surface area (Å²) in [5.41, 5.74) is 1.11. The van der Waals surface area contributed by atoms with Gasteiger partial charge in [0.05, 0.1) is 0 Å². The van der Waals surface area contributed by atoms with Crippen LogP contribution >= 0.6 is 0 Å². The van der Waals surface area contributed by atoms with E-state index in [1.807, 2.05) is 20.0 Å². The van der Waals surface area contributed by atoms with Crippen LogP contribution in [0.3, 0.4) is 0 Å². The van der Waals surface area contributed by atoms with E-state index in [2.05, 4.69) is 29.1 Å². The van der Waals surface area contributed by atoms with Crippen LogP contribution in [0.2, 0.25) is 0 Å². The summed E-state index contributed by atoms with van der Waals surface area (Å²) in [5, 5.41) is 3.44. The molecule has 14 heavy (non-hydrogen) atoms. The van der Waals surface area contributed by atoms with Crippen LogP contribution in [-0.4, -0.2) is 16.0 Å². The zero-order chi connectivity index (χ0) is 10.6. The highest BCUT2D eigenvalue weighted by Crippen LogP contribution is 2.13. The van der Waals surface area contributed by atoms with Crippen molar-refractivity contribution in [2.24, 2.45) is 0 Å². The third kappa shape index (κ3) is 2.69. The minimum Gasteiger partial charge on any atom is -0.367 e. The fraction of sp³-hybridized carbons (Fsp3) is 0.636. The Balaban J connectivity index is 2.79. The molecule has 0 bridgehead atoms. The van der Waals surface area contributed by atoms with Gasteiger partial charge in [0.25, 0.3) is 0 Å². The number of nitrogens with zero attached hydrogens (tertiary/aromatic N) is 2. The second-order valence-electron chi connectivity index (χ2n) is 3.61. The molecule has 1 N–H and O–H groups in total. The minimum atomic E-state index is 0.517. The van der Waals surface area contributed by atoms with Crippen molar-refractivity contribution < 1.29 is 0 Å². The molecule has 0 fully saturated rings. The maximum absolute atomic E-state index is 4.39. The van der Waals surface area contributed by atoms with E-state index in [4.69, 9.17) is 0 Å². The molecule has 0 radical (unpaired) electrons. The zero-order valence-corrected chi connectivity index (χ0v) is 9.46. The number of nitrogens with one attached hydrogen (secondary N) is 1. The third-order valence-electron chi connectivity index (χ3n) is 2.42. The topological polar surface area (TPSA) is 37.8 Å². The van der Waals surface area contributed by atoms with Gasteiger partial charge in [-0.15, -0.1) is 0 Å². The van der Waals surface area contributed by atoms with Crippen LogP contribution in [-0.2, 0) is 0 Å². The maximum Gasteiger partial charge on any atom is 0.132 e. The van der Waals surface area contributed by atoms with Gasteiger partial charge in [0.15, 0.2) is 0 Å². The van der Waals surface area contributed by atoms with Gasteiger partial charge in [-0.1, -0.05) is 13.8 Å². The number of hydrogen-bond acceptors (Lipinski definition) is 3. The molecule has 0 amide bonds. The van der Waals surface area contributed by atoms with E-state index < -0.39 is 0 Å². The van der Waals surface area contributed by atoms with Crippen molar-refractivity contribution in [2.45, 2.75) is 46.6 Å². The van der Waals surface area contributed by atoms with Crippen molar-refractivity contribution in [3.63, 3.8) is 0 Å². The van der Waals surface area contributed by atoms with Gasteiger partial charge >= 0.3 is 0 Å². The van der Waals surface area contributed by atoms with Gasteiger partial charge in [-0.25, -0.2) is 9.97 Å². The van der Waals surface area contributed by atoms with Crippen LogP contribution in [0.15, 0.2) is 6.20 Å². The first kappa shape index (κ1) is 11.0. The molecule has 1 heterocycles. The summed E-state index contributed by atoms with van der Waals surface area (Å²) in [7, 11) is 0. The molecule has 0 aromatic carbocycles. The van der Waals surface area contributed by atoms with Crippen molar-refractivity contribution in [3.05, 3.63) is 17.6 Å². The van der Waals surface area contributed by atoms with Gasteiger partial charge in [0, 0.05) is 17.8 Å². The second kappa shape index (κ2) is 4.94. The van der Waals surface area contributed by atoms with Crippen LogP contribution in [0.1, 0.15) is 38.1 Å². The quantitative estimate of drug-likeness (QED) is 0.799. The average Bonchev–Trinajstić information content (AvgIpc) is 2.19. The van der Waals surface area contributed by atoms with E-state index in [0.29, 0.717) is 6.04 Å². The number of aromatic nitrogens is 2. The lowest BCUT2D eigenvalue weighted by Gasteiger charge is -2.16. The van der Waals surface area contributed by atoms with Crippen molar-refractivity contribution in [1.29, 1.82) is 0 Å². The van der Waals surface area contributed by atoms with E-state index in [9.17, 15) is 0 Å². The molecule has 0 aliphatic carbocycles. The molecule has 1 rings (SSSR count). The van der Waals surface area contributed by atoms with E-state index in [0.717, 1.165) is 30.0 Å². The fourth-order valence-electron chi connectivity index (χ4n) is 1.36. The number of rotatable bonds is 4. The van der Waals surface area contributed by atoms with Crippen LogP contribution in [0.5, 0.6) is 0 Å². The summed E-state index contributed by atoms with van der Waals surface area (Å²) in [4.78, 5) is 8.53. The van der Waals surface area contributed by atoms with Crippen LogP contribution < -0.4 is 5.32 Å². The van der Waals surface area contributed by atoms with Crippen molar-refractivity contribution in [3.8, 4) is 0 Å². The molecule has 0 aliphatic heterocycles. The second-order valence-corrected chi connectivity index (χ2v) is 3.61. The largest absolute Gasteiger partial charge is 0.367 e. The van der Waals surface area contributed by atoms with Gasteiger partial charge < -0.3 is 5.32 Å². The van der Waals surface area contributed by atoms with E-state index in [1.54, 1.807) is 0 Å². The minimum absolute atomic E-state index is 0.517. The zero-order valence-electron chi connectivity index (χ0n) is 9.46. The Hall–Kier alpha value is -1.12. The van der Waals surface area contributed by atoms with Gasteiger partial charge in [-0.3, -0.25) is 0 Å². The monoisotopic (exact) mass is 193 g/mol. The summed E-state index contributed by atoms with van der Waals surface area (Å²) >= 11 is 0. The smallest absolute Gasteiger partial charge is 0.132 e. The normalized spacial score (nSPS) is 10.6. The molecule has 3 heteroatoms. The third-order valence-corrected chi connectivity index (χ3v) is 2.42. The van der Waals surface area contributed by atoms with Crippen molar-refractivity contribution >= 4 is 5.82 Å². The molecule has 0 atom stereocenters. The number of anilines is 1. The van der Waals surface area contributed by atoms with Gasteiger partial charge in [-0.05, 0) is 26.7 Å². The van der Waals surface area contributed by atoms with Gasteiger partial charge in [0.1, 0.15) is 11.6 Å². The molecule has 0 unspecified atom stereocenters. The molecular formula is C11H19N3. The lowest BCUT2D eigenvalue weighted by molar-refractivity contribution is 0.666. The first-order valence-electron chi connectivity index (χ1n) is 5.24. The molecule has 0 aliphatic rings. The Morgan fingerprint density at radius 2 is 1.93 bits per heavy atom. The highest BCUT2D eigenvalue weighted by atomic mass is 15.0. The Kier molecular flexibility index (Phi) is 3.86. The summed E-state index contributed by atoms with van der Waals surface area (Å²) < 4.78 is 0. The van der Waals surface area contributed by atoms with Crippen molar-refractivity contribution in [2.75, 3.05) is 5.32 Å².